The van der Waals surface area contributed by atoms with Gasteiger partial charge in [0.15, 0.2) is 4.99 Å². The number of hydrazine groups is 1. The number of hydrogen-bond donors (Lipinski definition) is 5. The van der Waals surface area contributed by atoms with E-state index in [9.17, 15) is 18.4 Å². The van der Waals surface area contributed by atoms with Gasteiger partial charge in [0.1, 0.15) is 17.3 Å². The predicted molar refractivity (Wildman–Crippen MR) is 148 cm³/mol. The van der Waals surface area contributed by atoms with Crippen molar-refractivity contribution in [2.45, 2.75) is 26.9 Å². The van der Waals surface area contributed by atoms with Crippen molar-refractivity contribution in [2.24, 2.45) is 11.6 Å². The summed E-state index contributed by atoms with van der Waals surface area (Å²) in [6.07, 6.45) is 0. The third kappa shape index (κ3) is 25.5. The van der Waals surface area contributed by atoms with Crippen molar-refractivity contribution >= 4 is 53.7 Å². The number of rotatable bonds is 10. The summed E-state index contributed by atoms with van der Waals surface area (Å²) in [5, 5.41) is 18.6. The molecule has 0 saturated carbocycles. The third-order valence-electron chi connectivity index (χ3n) is 3.86. The molecule has 17 heteroatoms. The summed E-state index contributed by atoms with van der Waals surface area (Å²) < 4.78 is 34.9. The molecule has 0 bridgehead atoms. The Hall–Kier alpha value is -1.96. The Kier molecular flexibility index (Phi) is 34.8. The molecular formula is C24H33ClF2KN5O7S. The molecule has 0 unspecified atom stereocenters. The minimum absolute atomic E-state index is 0. The molecule has 224 valence electrons. The number of benzene rings is 2. The maximum atomic E-state index is 13.2. The summed E-state index contributed by atoms with van der Waals surface area (Å²) in [5.41, 5.74) is 8.19. The summed E-state index contributed by atoms with van der Waals surface area (Å²) in [7, 11) is 0. The second-order valence-electron chi connectivity index (χ2n) is 6.64. The fourth-order valence-corrected chi connectivity index (χ4v) is 2.27. The quantitative estimate of drug-likeness (QED) is 0.0277. The number of hydrogen-bond acceptors (Lipinski definition) is 12. The first-order valence-electron chi connectivity index (χ1n) is 11.1. The molecule has 0 aliphatic rings. The molecule has 0 amide bonds. The number of thiocarbonyl (C=S) groups is 1. The van der Waals surface area contributed by atoms with E-state index in [1.165, 1.54) is 12.1 Å². The van der Waals surface area contributed by atoms with Gasteiger partial charge >= 0.3 is 63.3 Å². The summed E-state index contributed by atoms with van der Waals surface area (Å²) >= 11 is 4.29. The molecule has 0 aliphatic carbocycles. The standard InChI is InChI=1S/C12H15FN2O2.C7H9FN2.C4H7NO2S.CH2O3.ClH.K/c1-2-17-12(16)11(14)8-15-7-9-5-3-4-6-10(9)13;8-7-4-2-1-3-6(7)5-10-9;1-2-7-4(6)3(5)8;2-1-4-3;;/h3-6,14-15H,2,7-8H2,1H3;1-4,10H,5,9H2;2H2,1H3,(H2,5,8);1,3H;1H;/q;;;;;+1/p-1. The first-order valence-corrected chi connectivity index (χ1v) is 11.5. The Labute approximate surface area is 291 Å². The molecular weight excluding hydrogens is 615 g/mol. The van der Waals surface area contributed by atoms with Gasteiger partial charge in [0, 0.05) is 30.8 Å². The number of carbonyl (C=O) groups is 3. The van der Waals surface area contributed by atoms with Crippen molar-refractivity contribution in [3.8, 4) is 0 Å². The third-order valence-corrected chi connectivity index (χ3v) is 4.03. The van der Waals surface area contributed by atoms with Crippen LogP contribution in [-0.2, 0) is 41.8 Å². The number of ether oxygens (including phenoxy) is 2. The van der Waals surface area contributed by atoms with E-state index in [2.05, 4.69) is 37.3 Å². The van der Waals surface area contributed by atoms with E-state index in [4.69, 9.17) is 27.0 Å². The van der Waals surface area contributed by atoms with E-state index < -0.39 is 11.9 Å². The zero-order chi connectivity index (χ0) is 30.1. The van der Waals surface area contributed by atoms with Crippen molar-refractivity contribution in [3.05, 3.63) is 71.3 Å². The van der Waals surface area contributed by atoms with Gasteiger partial charge in [0.2, 0.25) is 0 Å². The van der Waals surface area contributed by atoms with E-state index in [1.54, 1.807) is 50.2 Å². The second-order valence-corrected chi connectivity index (χ2v) is 7.08. The molecule has 7 N–H and O–H groups in total. The first-order chi connectivity index (χ1) is 18.6. The summed E-state index contributed by atoms with van der Waals surface area (Å²) in [4.78, 5) is 32.4. The number of halogens is 3. The Bertz CT molecular complexity index is 1050. The summed E-state index contributed by atoms with van der Waals surface area (Å²) in [6, 6.07) is 12.9. The largest absolute Gasteiger partial charge is 1.00 e. The molecule has 0 fully saturated rings. The van der Waals surface area contributed by atoms with E-state index >= 15 is 0 Å². The van der Waals surface area contributed by atoms with Crippen molar-refractivity contribution in [1.29, 1.82) is 5.41 Å². The van der Waals surface area contributed by atoms with Gasteiger partial charge in [-0.15, -0.1) is 12.4 Å². The van der Waals surface area contributed by atoms with Crippen LogP contribution in [0.1, 0.15) is 25.0 Å². The summed E-state index contributed by atoms with van der Waals surface area (Å²) in [5.74, 6) is 3.23. The Morgan fingerprint density at radius 3 is 1.73 bits per heavy atom. The molecule has 2 rings (SSSR count). The number of esters is 2. The van der Waals surface area contributed by atoms with Gasteiger partial charge in [0.25, 0.3) is 6.47 Å². The second kappa shape index (κ2) is 31.0. The molecule has 0 atom stereocenters. The molecule has 12 nitrogen and oxygen atoms in total. The zero-order valence-electron chi connectivity index (χ0n) is 22.8. The van der Waals surface area contributed by atoms with E-state index in [0.717, 1.165) is 0 Å². The SMILES string of the molecule is CCOC(=O)C(=N)CNCc1ccccc1F.CCOC(=O)C(N)=S.Cl.NNCc1ccccc1F.O=CO[O-].[K+]. The maximum absolute atomic E-state index is 13.2. The van der Waals surface area contributed by atoms with Crippen molar-refractivity contribution in [3.63, 3.8) is 0 Å². The maximum Gasteiger partial charge on any atom is 1.00 e. The van der Waals surface area contributed by atoms with Crippen LogP contribution in [0.15, 0.2) is 48.5 Å². The van der Waals surface area contributed by atoms with Gasteiger partial charge in [0.05, 0.1) is 13.2 Å². The zero-order valence-corrected chi connectivity index (χ0v) is 27.6. The van der Waals surface area contributed by atoms with Crippen LogP contribution in [-0.4, -0.2) is 48.9 Å². The van der Waals surface area contributed by atoms with Crippen LogP contribution in [0.4, 0.5) is 8.78 Å². The van der Waals surface area contributed by atoms with Crippen LogP contribution >= 0.6 is 24.6 Å². The molecule has 0 spiro atoms. The number of nitrogens with one attached hydrogen (secondary N) is 3. The molecule has 0 heterocycles. The fourth-order valence-electron chi connectivity index (χ4n) is 2.21. The van der Waals surface area contributed by atoms with Crippen molar-refractivity contribution in [2.75, 3.05) is 19.8 Å². The first kappa shape index (κ1) is 46.0. The van der Waals surface area contributed by atoms with Crippen molar-refractivity contribution < 1.29 is 94.2 Å². The van der Waals surface area contributed by atoms with Crippen molar-refractivity contribution in [1.82, 2.24) is 10.7 Å². The molecule has 41 heavy (non-hydrogen) atoms. The van der Waals surface area contributed by atoms with Gasteiger partial charge in [-0.25, -0.2) is 18.4 Å². The summed E-state index contributed by atoms with van der Waals surface area (Å²) in [6.45, 7) is 4.45. The number of carbonyl (C=O) groups excluding carboxylic acids is 3. The Balaban J connectivity index is -0.000000245. The van der Waals surface area contributed by atoms with Gasteiger partial charge in [-0.05, 0) is 26.0 Å². The predicted octanol–water partition coefficient (Wildman–Crippen LogP) is -2.02. The van der Waals surface area contributed by atoms with E-state index in [0.29, 0.717) is 24.3 Å². The number of nitrogens with two attached hydrogens (primary N) is 2. The fraction of sp³-hybridized carbons (Fsp3) is 0.292. The average Bonchev–Trinajstić information content (AvgIpc) is 2.92. The van der Waals surface area contributed by atoms with E-state index in [-0.39, 0.29) is 112 Å². The van der Waals surface area contributed by atoms with Crippen LogP contribution in [0.5, 0.6) is 0 Å². The average molecular weight is 648 g/mol. The topological polar surface area (TPSA) is 202 Å². The van der Waals surface area contributed by atoms with Gasteiger partial charge in [-0.1, -0.05) is 48.6 Å². The molecule has 2 aromatic rings. The molecule has 0 aromatic heterocycles. The van der Waals surface area contributed by atoms with Crippen LogP contribution in [0.25, 0.3) is 0 Å². The minimum Gasteiger partial charge on any atom is -0.662 e. The Morgan fingerprint density at radius 2 is 1.39 bits per heavy atom. The van der Waals surface area contributed by atoms with Crippen LogP contribution in [0.2, 0.25) is 0 Å². The van der Waals surface area contributed by atoms with Crippen LogP contribution < -0.4 is 79.0 Å². The molecule has 0 aliphatic heterocycles. The monoisotopic (exact) mass is 647 g/mol. The molecule has 2 aromatic carbocycles. The molecule has 0 radical (unpaired) electrons. The minimum atomic E-state index is -0.645. The Morgan fingerprint density at radius 1 is 0.976 bits per heavy atom. The molecule has 0 saturated heterocycles. The van der Waals surface area contributed by atoms with Crippen LogP contribution in [0, 0.1) is 17.0 Å². The van der Waals surface area contributed by atoms with Gasteiger partial charge in [-0.2, -0.15) is 0 Å². The van der Waals surface area contributed by atoms with E-state index in [1.807, 2.05) is 0 Å². The smallest absolute Gasteiger partial charge is 0.662 e. The van der Waals surface area contributed by atoms with Gasteiger partial charge in [-0.3, -0.25) is 21.5 Å². The van der Waals surface area contributed by atoms with Crippen LogP contribution in [0.3, 0.4) is 0 Å². The normalized spacial score (nSPS) is 8.63. The van der Waals surface area contributed by atoms with Gasteiger partial charge < -0.3 is 30.7 Å².